The molecule has 0 saturated carbocycles. The molecule has 3 heteroatoms. The first-order valence-electron chi connectivity index (χ1n) is 6.27. The summed E-state index contributed by atoms with van der Waals surface area (Å²) in [5.41, 5.74) is 2.65. The molecule has 2 rings (SSSR count). The molecule has 1 heterocycles. The zero-order valence-corrected chi connectivity index (χ0v) is 11.8. The van der Waals surface area contributed by atoms with Gasteiger partial charge >= 0.3 is 0 Å². The second-order valence-electron chi connectivity index (χ2n) is 4.46. The molecule has 0 bridgehead atoms. The summed E-state index contributed by atoms with van der Waals surface area (Å²) in [6, 6.07) is 12.8. The van der Waals surface area contributed by atoms with E-state index in [4.69, 9.17) is 0 Å². The van der Waals surface area contributed by atoms with Crippen molar-refractivity contribution in [2.24, 2.45) is 0 Å². The van der Waals surface area contributed by atoms with Crippen molar-refractivity contribution in [2.75, 3.05) is 25.0 Å². The Bertz CT molecular complexity index is 465. The van der Waals surface area contributed by atoms with Crippen molar-refractivity contribution in [3.8, 4) is 0 Å². The number of nitrogens with zero attached hydrogens (tertiary/aromatic N) is 1. The molecule has 0 saturated heterocycles. The van der Waals surface area contributed by atoms with Crippen molar-refractivity contribution in [3.05, 3.63) is 52.2 Å². The van der Waals surface area contributed by atoms with Gasteiger partial charge in [-0.1, -0.05) is 24.3 Å². The first-order chi connectivity index (χ1) is 8.77. The molecule has 2 aromatic rings. The molecule has 0 spiro atoms. The van der Waals surface area contributed by atoms with Crippen LogP contribution in [0.5, 0.6) is 0 Å². The Balaban J connectivity index is 1.75. The number of thiophene rings is 1. The first-order valence-corrected chi connectivity index (χ1v) is 7.15. The monoisotopic (exact) mass is 260 g/mol. The Hall–Kier alpha value is -1.32. The molecule has 96 valence electrons. The van der Waals surface area contributed by atoms with Crippen molar-refractivity contribution in [1.82, 2.24) is 5.32 Å². The van der Waals surface area contributed by atoms with E-state index < -0.39 is 0 Å². The van der Waals surface area contributed by atoms with Crippen LogP contribution >= 0.6 is 11.3 Å². The number of rotatable bonds is 6. The second kappa shape index (κ2) is 6.57. The number of aryl methyl sites for hydroxylation is 1. The maximum absolute atomic E-state index is 3.48. The maximum atomic E-state index is 3.48. The Kier molecular flexibility index (Phi) is 4.79. The summed E-state index contributed by atoms with van der Waals surface area (Å²) in [7, 11) is 2.15. The van der Waals surface area contributed by atoms with Gasteiger partial charge in [0, 0.05) is 37.2 Å². The summed E-state index contributed by atoms with van der Waals surface area (Å²) in [5, 5.41) is 5.60. The number of likely N-dealkylation sites (N-methyl/N-ethyl adjacent to an activating group) is 1. The predicted octanol–water partition coefficient (Wildman–Crippen LogP) is 3.28. The van der Waals surface area contributed by atoms with Crippen molar-refractivity contribution in [1.29, 1.82) is 0 Å². The van der Waals surface area contributed by atoms with Crippen LogP contribution in [0.1, 0.15) is 10.4 Å². The predicted molar refractivity (Wildman–Crippen MR) is 80.5 cm³/mol. The minimum atomic E-state index is 0.972. The van der Waals surface area contributed by atoms with Gasteiger partial charge in [-0.15, -0.1) is 11.3 Å². The summed E-state index contributed by atoms with van der Waals surface area (Å²) >= 11 is 1.80. The van der Waals surface area contributed by atoms with E-state index in [1.54, 1.807) is 11.3 Å². The molecule has 1 aromatic carbocycles. The summed E-state index contributed by atoms with van der Waals surface area (Å²) in [6.07, 6.45) is 0. The minimum absolute atomic E-state index is 0.972. The number of benzene rings is 1. The Morgan fingerprint density at radius 1 is 1.17 bits per heavy atom. The fourth-order valence-corrected chi connectivity index (χ4v) is 2.66. The molecule has 1 aromatic heterocycles. The highest BCUT2D eigenvalue weighted by molar-refractivity contribution is 7.09. The minimum Gasteiger partial charge on any atom is -0.373 e. The number of hydrogen-bond donors (Lipinski definition) is 1. The van der Waals surface area contributed by atoms with Crippen LogP contribution in [0.25, 0.3) is 0 Å². The van der Waals surface area contributed by atoms with Crippen molar-refractivity contribution >= 4 is 17.0 Å². The number of para-hydroxylation sites is 1. The number of nitrogens with one attached hydrogen (secondary N) is 1. The highest BCUT2D eigenvalue weighted by Crippen LogP contribution is 2.17. The van der Waals surface area contributed by atoms with E-state index >= 15 is 0 Å². The third kappa shape index (κ3) is 3.59. The molecule has 0 amide bonds. The van der Waals surface area contributed by atoms with Crippen LogP contribution < -0.4 is 10.2 Å². The molecule has 0 atom stereocenters. The highest BCUT2D eigenvalue weighted by Gasteiger charge is 2.02. The summed E-state index contributed by atoms with van der Waals surface area (Å²) in [6.45, 7) is 5.16. The summed E-state index contributed by atoms with van der Waals surface area (Å²) in [5.74, 6) is 0. The third-order valence-electron chi connectivity index (χ3n) is 3.03. The molecular formula is C15H20N2S. The second-order valence-corrected chi connectivity index (χ2v) is 5.50. The van der Waals surface area contributed by atoms with Gasteiger partial charge in [-0.25, -0.2) is 0 Å². The third-order valence-corrected chi connectivity index (χ3v) is 3.91. The normalized spacial score (nSPS) is 10.6. The van der Waals surface area contributed by atoms with Gasteiger partial charge in [0.15, 0.2) is 0 Å². The lowest BCUT2D eigenvalue weighted by Crippen LogP contribution is -2.29. The van der Waals surface area contributed by atoms with E-state index in [1.165, 1.54) is 16.1 Å². The Morgan fingerprint density at radius 3 is 2.72 bits per heavy atom. The van der Waals surface area contributed by atoms with Gasteiger partial charge < -0.3 is 10.2 Å². The molecule has 0 fully saturated rings. The van der Waals surface area contributed by atoms with Gasteiger partial charge in [0.05, 0.1) is 0 Å². The van der Waals surface area contributed by atoms with Gasteiger partial charge in [0.1, 0.15) is 0 Å². The van der Waals surface area contributed by atoms with E-state index in [-0.39, 0.29) is 0 Å². The molecule has 2 nitrogen and oxygen atoms in total. The standard InChI is InChI=1S/C15H20N2S/c1-13-6-3-4-8-15(13)17(2)10-9-16-12-14-7-5-11-18-14/h3-8,11,16H,9-10,12H2,1-2H3. The number of anilines is 1. The molecule has 0 unspecified atom stereocenters. The largest absolute Gasteiger partial charge is 0.373 e. The Labute approximate surface area is 113 Å². The van der Waals surface area contributed by atoms with E-state index in [2.05, 4.69) is 66.0 Å². The van der Waals surface area contributed by atoms with Crippen molar-refractivity contribution in [2.45, 2.75) is 13.5 Å². The molecule has 0 radical (unpaired) electrons. The van der Waals surface area contributed by atoms with Crippen LogP contribution in [0, 0.1) is 6.92 Å². The van der Waals surface area contributed by atoms with E-state index in [0.717, 1.165) is 19.6 Å². The van der Waals surface area contributed by atoms with Gasteiger partial charge in [-0.05, 0) is 30.0 Å². The Morgan fingerprint density at radius 2 is 2.00 bits per heavy atom. The van der Waals surface area contributed by atoms with E-state index in [9.17, 15) is 0 Å². The summed E-state index contributed by atoms with van der Waals surface area (Å²) in [4.78, 5) is 3.70. The molecule has 0 aliphatic rings. The van der Waals surface area contributed by atoms with Crippen LogP contribution in [0.4, 0.5) is 5.69 Å². The maximum Gasteiger partial charge on any atom is 0.0393 e. The average Bonchev–Trinajstić information content (AvgIpc) is 2.88. The molecule has 18 heavy (non-hydrogen) atoms. The quantitative estimate of drug-likeness (QED) is 0.802. The molecule has 0 aliphatic carbocycles. The average molecular weight is 260 g/mol. The fourth-order valence-electron chi connectivity index (χ4n) is 1.98. The summed E-state index contributed by atoms with van der Waals surface area (Å²) < 4.78 is 0. The zero-order chi connectivity index (χ0) is 12.8. The lowest BCUT2D eigenvalue weighted by atomic mass is 10.2. The lowest BCUT2D eigenvalue weighted by molar-refractivity contribution is 0.685. The van der Waals surface area contributed by atoms with Gasteiger partial charge in [-0.3, -0.25) is 0 Å². The molecular weight excluding hydrogens is 240 g/mol. The lowest BCUT2D eigenvalue weighted by Gasteiger charge is -2.21. The molecule has 0 aliphatic heterocycles. The van der Waals surface area contributed by atoms with Gasteiger partial charge in [0.2, 0.25) is 0 Å². The zero-order valence-electron chi connectivity index (χ0n) is 11.0. The SMILES string of the molecule is Cc1ccccc1N(C)CCNCc1cccs1. The van der Waals surface area contributed by atoms with Gasteiger partial charge in [0.25, 0.3) is 0 Å². The smallest absolute Gasteiger partial charge is 0.0393 e. The first kappa shape index (κ1) is 13.1. The van der Waals surface area contributed by atoms with E-state index in [1.807, 2.05) is 0 Å². The fraction of sp³-hybridized carbons (Fsp3) is 0.333. The van der Waals surface area contributed by atoms with Crippen LogP contribution in [0.2, 0.25) is 0 Å². The van der Waals surface area contributed by atoms with Crippen molar-refractivity contribution < 1.29 is 0 Å². The topological polar surface area (TPSA) is 15.3 Å². The van der Waals surface area contributed by atoms with E-state index in [0.29, 0.717) is 0 Å². The highest BCUT2D eigenvalue weighted by atomic mass is 32.1. The van der Waals surface area contributed by atoms with Crippen LogP contribution in [-0.4, -0.2) is 20.1 Å². The van der Waals surface area contributed by atoms with Gasteiger partial charge in [-0.2, -0.15) is 0 Å². The van der Waals surface area contributed by atoms with Crippen LogP contribution in [-0.2, 0) is 6.54 Å². The molecule has 1 N–H and O–H groups in total. The van der Waals surface area contributed by atoms with Crippen LogP contribution in [0.3, 0.4) is 0 Å². The van der Waals surface area contributed by atoms with Crippen LogP contribution in [0.15, 0.2) is 41.8 Å². The van der Waals surface area contributed by atoms with Crippen molar-refractivity contribution in [3.63, 3.8) is 0 Å². The number of hydrogen-bond acceptors (Lipinski definition) is 3.